The summed E-state index contributed by atoms with van der Waals surface area (Å²) in [5, 5.41) is 2.92. The van der Waals surface area contributed by atoms with Crippen LogP contribution < -0.4 is 14.8 Å². The quantitative estimate of drug-likeness (QED) is 0.419. The Morgan fingerprint density at radius 2 is 1.70 bits per heavy atom. The molecule has 0 saturated carbocycles. The number of methoxy groups -OCH3 is 1. The zero-order chi connectivity index (χ0) is 20.8. The first kappa shape index (κ1) is 19.5. The molecule has 0 radical (unpaired) electrons. The first-order valence-corrected chi connectivity index (χ1v) is 9.86. The maximum Gasteiger partial charge on any atom is 0.224 e. The van der Waals surface area contributed by atoms with Gasteiger partial charge in [0.05, 0.1) is 18.1 Å². The maximum absolute atomic E-state index is 12.2. The Kier molecular flexibility index (Phi) is 5.94. The van der Waals surface area contributed by atoms with E-state index in [9.17, 15) is 4.79 Å². The van der Waals surface area contributed by atoms with Crippen LogP contribution in [0.5, 0.6) is 17.2 Å². The van der Waals surface area contributed by atoms with Crippen molar-refractivity contribution < 1.29 is 14.3 Å². The lowest BCUT2D eigenvalue weighted by Gasteiger charge is -2.10. The molecule has 2 N–H and O–H groups in total. The highest BCUT2D eigenvalue weighted by molar-refractivity contribution is 5.90. The number of aromatic nitrogens is 2. The van der Waals surface area contributed by atoms with Crippen LogP contribution in [0.3, 0.4) is 0 Å². The van der Waals surface area contributed by atoms with Crippen LogP contribution in [0.25, 0.3) is 11.0 Å². The first-order chi connectivity index (χ1) is 14.7. The molecular formula is C24H23N3O3. The number of ether oxygens (including phenoxy) is 2. The van der Waals surface area contributed by atoms with E-state index >= 15 is 0 Å². The average Bonchev–Trinajstić information content (AvgIpc) is 3.18. The number of carbonyl (C=O) groups is 1. The van der Waals surface area contributed by atoms with E-state index in [1.54, 1.807) is 7.11 Å². The van der Waals surface area contributed by atoms with Crippen LogP contribution in [0.4, 0.5) is 5.69 Å². The first-order valence-electron chi connectivity index (χ1n) is 9.86. The number of fused-ring (bicyclic) bond motifs is 1. The molecule has 0 fully saturated rings. The van der Waals surface area contributed by atoms with E-state index in [1.165, 1.54) is 0 Å². The Morgan fingerprint density at radius 3 is 2.47 bits per heavy atom. The number of hydrogen-bond acceptors (Lipinski definition) is 4. The minimum Gasteiger partial charge on any atom is -0.493 e. The Bertz CT molecular complexity index is 1100. The summed E-state index contributed by atoms with van der Waals surface area (Å²) in [7, 11) is 1.61. The van der Waals surface area contributed by atoms with Crippen molar-refractivity contribution in [3.05, 3.63) is 78.6 Å². The molecule has 1 amide bonds. The normalized spacial score (nSPS) is 10.7. The van der Waals surface area contributed by atoms with Gasteiger partial charge in [0.25, 0.3) is 0 Å². The third-order valence-corrected chi connectivity index (χ3v) is 4.69. The van der Waals surface area contributed by atoms with Crippen molar-refractivity contribution in [2.75, 3.05) is 12.4 Å². The number of benzene rings is 3. The summed E-state index contributed by atoms with van der Waals surface area (Å²) in [6.07, 6.45) is 1.88. The number of nitrogens with zero attached hydrogens (tertiary/aromatic N) is 1. The molecule has 30 heavy (non-hydrogen) atoms. The fourth-order valence-electron chi connectivity index (χ4n) is 3.20. The van der Waals surface area contributed by atoms with Gasteiger partial charge in [-0.2, -0.15) is 0 Å². The minimum atomic E-state index is -0.0236. The van der Waals surface area contributed by atoms with E-state index in [0.717, 1.165) is 35.4 Å². The van der Waals surface area contributed by atoms with Crippen LogP contribution in [-0.2, 0) is 11.2 Å². The molecule has 0 aliphatic heterocycles. The van der Waals surface area contributed by atoms with E-state index in [4.69, 9.17) is 9.47 Å². The van der Waals surface area contributed by atoms with Crippen LogP contribution in [0.15, 0.2) is 72.8 Å². The third kappa shape index (κ3) is 4.78. The van der Waals surface area contributed by atoms with E-state index < -0.39 is 0 Å². The molecule has 0 saturated heterocycles. The van der Waals surface area contributed by atoms with Gasteiger partial charge in [-0.1, -0.05) is 24.3 Å². The number of H-pyrrole nitrogens is 1. The zero-order valence-electron chi connectivity index (χ0n) is 16.7. The largest absolute Gasteiger partial charge is 0.493 e. The summed E-state index contributed by atoms with van der Waals surface area (Å²) in [4.78, 5) is 20.1. The fraction of sp³-hybridized carbons (Fsp3) is 0.167. The average molecular weight is 401 g/mol. The number of amides is 1. The number of hydrogen-bond donors (Lipinski definition) is 2. The predicted octanol–water partition coefficient (Wildman–Crippen LogP) is 5.33. The Hall–Kier alpha value is -3.80. The fourth-order valence-corrected chi connectivity index (χ4v) is 3.20. The van der Waals surface area contributed by atoms with Gasteiger partial charge < -0.3 is 19.8 Å². The number of imidazole rings is 1. The molecule has 0 aliphatic carbocycles. The van der Waals surface area contributed by atoms with Gasteiger partial charge >= 0.3 is 0 Å². The Balaban J connectivity index is 1.27. The number of aromatic amines is 1. The number of anilines is 1. The third-order valence-electron chi connectivity index (χ3n) is 4.69. The second-order valence-electron chi connectivity index (χ2n) is 6.88. The lowest BCUT2D eigenvalue weighted by atomic mass is 10.2. The summed E-state index contributed by atoms with van der Waals surface area (Å²) in [5.41, 5.74) is 2.70. The minimum absolute atomic E-state index is 0.0236. The van der Waals surface area contributed by atoms with Gasteiger partial charge in [0.2, 0.25) is 5.91 Å². The second-order valence-corrected chi connectivity index (χ2v) is 6.88. The van der Waals surface area contributed by atoms with Gasteiger partial charge in [0.1, 0.15) is 11.6 Å². The number of aryl methyl sites for hydroxylation is 1. The molecule has 0 unspecified atom stereocenters. The molecule has 4 rings (SSSR count). The molecule has 0 aliphatic rings. The molecule has 4 aromatic rings. The highest BCUT2D eigenvalue weighted by Crippen LogP contribution is 2.31. The van der Waals surface area contributed by atoms with Gasteiger partial charge in [-0.05, 0) is 55.0 Å². The van der Waals surface area contributed by atoms with Crippen molar-refractivity contribution in [2.24, 2.45) is 0 Å². The SMILES string of the molecule is COc1ccccc1Oc1ccc(NC(=O)CCCc2nc3ccccc3[nH]2)cc1. The molecule has 6 heteroatoms. The lowest BCUT2D eigenvalue weighted by molar-refractivity contribution is -0.116. The summed E-state index contributed by atoms with van der Waals surface area (Å²) in [5.74, 6) is 2.86. The highest BCUT2D eigenvalue weighted by Gasteiger charge is 2.07. The lowest BCUT2D eigenvalue weighted by Crippen LogP contribution is -2.11. The Morgan fingerprint density at radius 1 is 0.967 bits per heavy atom. The van der Waals surface area contributed by atoms with E-state index in [1.807, 2.05) is 72.8 Å². The van der Waals surface area contributed by atoms with Crippen LogP contribution in [0.2, 0.25) is 0 Å². The van der Waals surface area contributed by atoms with Crippen molar-refractivity contribution in [2.45, 2.75) is 19.3 Å². The summed E-state index contributed by atoms with van der Waals surface area (Å²) < 4.78 is 11.1. The number of carbonyl (C=O) groups excluding carboxylic acids is 1. The Labute approximate surface area is 174 Å². The second kappa shape index (κ2) is 9.13. The van der Waals surface area contributed by atoms with Gasteiger partial charge in [-0.25, -0.2) is 4.98 Å². The number of rotatable bonds is 8. The van der Waals surface area contributed by atoms with Crippen LogP contribution >= 0.6 is 0 Å². The van der Waals surface area contributed by atoms with E-state index in [-0.39, 0.29) is 5.91 Å². The summed E-state index contributed by atoms with van der Waals surface area (Å²) >= 11 is 0. The molecule has 6 nitrogen and oxygen atoms in total. The molecule has 0 atom stereocenters. The van der Waals surface area contributed by atoms with Gasteiger partial charge in [-0.15, -0.1) is 0 Å². The maximum atomic E-state index is 12.2. The number of para-hydroxylation sites is 4. The van der Waals surface area contributed by atoms with Gasteiger partial charge in [0, 0.05) is 18.5 Å². The molecule has 152 valence electrons. The van der Waals surface area contributed by atoms with E-state index in [0.29, 0.717) is 23.7 Å². The van der Waals surface area contributed by atoms with Gasteiger partial charge in [0.15, 0.2) is 11.5 Å². The predicted molar refractivity (Wildman–Crippen MR) is 117 cm³/mol. The molecule has 3 aromatic carbocycles. The highest BCUT2D eigenvalue weighted by atomic mass is 16.5. The van der Waals surface area contributed by atoms with Crippen molar-refractivity contribution in [3.63, 3.8) is 0 Å². The van der Waals surface area contributed by atoms with E-state index in [2.05, 4.69) is 15.3 Å². The van der Waals surface area contributed by atoms with Crippen LogP contribution in [0, 0.1) is 0 Å². The van der Waals surface area contributed by atoms with Crippen molar-refractivity contribution in [1.82, 2.24) is 9.97 Å². The molecule has 1 aromatic heterocycles. The monoisotopic (exact) mass is 401 g/mol. The molecule has 0 bridgehead atoms. The van der Waals surface area contributed by atoms with Crippen LogP contribution in [-0.4, -0.2) is 23.0 Å². The van der Waals surface area contributed by atoms with Gasteiger partial charge in [-0.3, -0.25) is 4.79 Å². The van der Waals surface area contributed by atoms with Crippen molar-refractivity contribution in [1.29, 1.82) is 0 Å². The molecular weight excluding hydrogens is 378 g/mol. The smallest absolute Gasteiger partial charge is 0.224 e. The zero-order valence-corrected chi connectivity index (χ0v) is 16.7. The topological polar surface area (TPSA) is 76.2 Å². The van der Waals surface area contributed by atoms with Crippen molar-refractivity contribution >= 4 is 22.6 Å². The van der Waals surface area contributed by atoms with Crippen molar-refractivity contribution in [3.8, 4) is 17.2 Å². The number of nitrogens with one attached hydrogen (secondary N) is 2. The summed E-state index contributed by atoms with van der Waals surface area (Å²) in [6.45, 7) is 0. The molecule has 1 heterocycles. The van der Waals surface area contributed by atoms with Crippen LogP contribution in [0.1, 0.15) is 18.7 Å². The standard InChI is InChI=1S/C24H23N3O3/c1-29-21-9-4-5-10-22(21)30-18-15-13-17(14-16-18)25-24(28)12-6-11-23-26-19-7-2-3-8-20(19)27-23/h2-5,7-10,13-16H,6,11-12H2,1H3,(H,25,28)(H,26,27). The molecule has 0 spiro atoms. The summed E-state index contributed by atoms with van der Waals surface area (Å²) in [6, 6.07) is 22.7.